The number of dihydropyridines is 1. The summed E-state index contributed by atoms with van der Waals surface area (Å²) >= 11 is 0. The van der Waals surface area contributed by atoms with E-state index in [-0.39, 0.29) is 23.4 Å². The van der Waals surface area contributed by atoms with Gasteiger partial charge in [-0.05, 0) is 40.5 Å². The quantitative estimate of drug-likeness (QED) is 0.596. The molecule has 0 saturated heterocycles. The lowest BCUT2D eigenvalue weighted by molar-refractivity contribution is 0.0824. The van der Waals surface area contributed by atoms with Gasteiger partial charge in [-0.1, -0.05) is 67.6 Å². The van der Waals surface area contributed by atoms with Gasteiger partial charge in [0.15, 0.2) is 11.0 Å². The van der Waals surface area contributed by atoms with Crippen LogP contribution in [0.25, 0.3) is 11.1 Å². The number of carbonyl (C=O) groups excluding carboxylic acids is 2. The van der Waals surface area contributed by atoms with E-state index in [4.69, 9.17) is 10.1 Å². The van der Waals surface area contributed by atoms with Crippen LogP contribution in [-0.2, 0) is 11.0 Å². The number of allylic oxidation sites excluding steroid dienone is 1. The zero-order valence-electron chi connectivity index (χ0n) is 19.5. The number of rotatable bonds is 3. The van der Waals surface area contributed by atoms with Gasteiger partial charge in [0.1, 0.15) is 0 Å². The summed E-state index contributed by atoms with van der Waals surface area (Å²) < 4.78 is 11.5. The maximum Gasteiger partial charge on any atom is 0.264 e. The number of hydrogen-bond acceptors (Lipinski definition) is 4. The smallest absolute Gasteiger partial charge is 0.264 e. The molecule has 0 spiro atoms. The molecule has 176 valence electrons. The van der Waals surface area contributed by atoms with E-state index < -0.39 is 16.1 Å². The predicted octanol–water partition coefficient (Wildman–Crippen LogP) is 4.45. The van der Waals surface area contributed by atoms with Crippen LogP contribution in [0.1, 0.15) is 51.1 Å². The van der Waals surface area contributed by atoms with Gasteiger partial charge >= 0.3 is 0 Å². The molecule has 1 amide bonds. The first kappa shape index (κ1) is 23.1. The van der Waals surface area contributed by atoms with Crippen molar-refractivity contribution >= 4 is 27.7 Å². The fourth-order valence-electron chi connectivity index (χ4n) is 4.76. The van der Waals surface area contributed by atoms with Gasteiger partial charge in [0, 0.05) is 36.2 Å². The molecule has 0 fully saturated rings. The number of aliphatic imine (C=N–C) groups is 1. The van der Waals surface area contributed by atoms with Crippen molar-refractivity contribution in [1.29, 1.82) is 0 Å². The van der Waals surface area contributed by atoms with Crippen LogP contribution in [0.2, 0.25) is 0 Å². The van der Waals surface area contributed by atoms with Gasteiger partial charge in [0.2, 0.25) is 0 Å². The second kappa shape index (κ2) is 9.17. The summed E-state index contributed by atoms with van der Waals surface area (Å²) in [5.74, 6) is -0.0637. The maximum absolute atomic E-state index is 13.5. The number of amides is 1. The molecule has 3 aromatic carbocycles. The van der Waals surface area contributed by atoms with Crippen LogP contribution in [0.15, 0.2) is 89.6 Å². The fraction of sp³-hybridized carbons (Fsp3) is 0.179. The van der Waals surface area contributed by atoms with E-state index in [2.05, 4.69) is 6.92 Å². The second-order valence-electron chi connectivity index (χ2n) is 8.91. The van der Waals surface area contributed by atoms with E-state index in [0.717, 1.165) is 33.7 Å². The molecule has 0 aromatic heterocycles. The Kier molecular flexibility index (Phi) is 6.05. The van der Waals surface area contributed by atoms with Gasteiger partial charge in [-0.15, -0.1) is 0 Å². The Morgan fingerprint density at radius 2 is 1.71 bits per heavy atom. The van der Waals surface area contributed by atoms with Crippen LogP contribution >= 0.6 is 0 Å². The second-order valence-corrected chi connectivity index (χ2v) is 9.87. The van der Waals surface area contributed by atoms with Crippen molar-refractivity contribution < 1.29 is 13.8 Å². The third kappa shape index (κ3) is 4.29. The molecule has 5 rings (SSSR count). The van der Waals surface area contributed by atoms with Crippen molar-refractivity contribution in [1.82, 2.24) is 4.90 Å². The van der Waals surface area contributed by atoms with E-state index in [1.807, 2.05) is 67.7 Å². The van der Waals surface area contributed by atoms with Crippen molar-refractivity contribution in [3.05, 3.63) is 107 Å². The van der Waals surface area contributed by atoms with E-state index in [0.29, 0.717) is 12.0 Å². The number of hydrogen-bond donors (Lipinski definition) is 1. The molecule has 6 nitrogen and oxygen atoms in total. The first-order valence-electron chi connectivity index (χ1n) is 11.4. The summed E-state index contributed by atoms with van der Waals surface area (Å²) in [5, 5.41) is 4.67. The number of nitrogens with two attached hydrogens (primary N) is 1. The van der Waals surface area contributed by atoms with Gasteiger partial charge in [-0.25, -0.2) is 9.35 Å². The first-order valence-corrected chi connectivity index (χ1v) is 12.6. The Morgan fingerprint density at radius 3 is 2.46 bits per heavy atom. The van der Waals surface area contributed by atoms with Crippen LogP contribution in [0.3, 0.4) is 0 Å². The maximum atomic E-state index is 13.5. The monoisotopic (exact) mass is 483 g/mol. The minimum Gasteiger partial charge on any atom is -0.315 e. The molecular formula is C28H25N3O3S. The van der Waals surface area contributed by atoms with Crippen LogP contribution < -0.4 is 5.14 Å². The Morgan fingerprint density at radius 1 is 1.00 bits per heavy atom. The largest absolute Gasteiger partial charge is 0.315 e. The minimum absolute atomic E-state index is 0.00799. The number of fused-ring (bicyclic) bond motifs is 3. The van der Waals surface area contributed by atoms with Gasteiger partial charge < -0.3 is 4.90 Å². The molecule has 0 radical (unpaired) electrons. The molecular weight excluding hydrogens is 458 g/mol. The predicted molar refractivity (Wildman–Crippen MR) is 139 cm³/mol. The highest BCUT2D eigenvalue weighted by Crippen LogP contribution is 2.38. The molecule has 2 aliphatic rings. The van der Waals surface area contributed by atoms with E-state index >= 15 is 0 Å². The average molecular weight is 484 g/mol. The molecule has 2 aliphatic heterocycles. The summed E-state index contributed by atoms with van der Waals surface area (Å²) in [6, 6.07) is 22.6. The van der Waals surface area contributed by atoms with Gasteiger partial charge in [-0.3, -0.25) is 14.6 Å². The molecule has 2 bridgehead atoms. The number of benzene rings is 3. The van der Waals surface area contributed by atoms with Crippen LogP contribution in [0, 0.1) is 0 Å². The van der Waals surface area contributed by atoms with E-state index in [9.17, 15) is 13.8 Å². The van der Waals surface area contributed by atoms with Crippen molar-refractivity contribution in [3.63, 3.8) is 0 Å². The van der Waals surface area contributed by atoms with Gasteiger partial charge in [0.25, 0.3) is 11.0 Å². The zero-order chi connectivity index (χ0) is 24.7. The minimum atomic E-state index is -2.08. The molecule has 3 aromatic rings. The van der Waals surface area contributed by atoms with Gasteiger partial charge in [0.05, 0.1) is 11.8 Å². The summed E-state index contributed by atoms with van der Waals surface area (Å²) in [4.78, 5) is 32.5. The zero-order valence-corrected chi connectivity index (χ0v) is 20.3. The summed E-state index contributed by atoms with van der Waals surface area (Å²) in [5.41, 5.74) is 6.36. The van der Waals surface area contributed by atoms with Crippen molar-refractivity contribution in [2.75, 3.05) is 7.05 Å². The normalized spacial score (nSPS) is 20.2. The SMILES string of the molecule is CC1c2cc(-c3cccc(C(=O)S(N)=O)c3)ccc2C(=O)N(C)C2=CC(c3ccccc3)=NC1C2. The fourth-order valence-corrected chi connectivity index (χ4v) is 5.12. The Balaban J connectivity index is 1.60. The molecule has 2 N–H and O–H groups in total. The number of carbonyl (C=O) groups is 2. The summed E-state index contributed by atoms with van der Waals surface area (Å²) in [6.45, 7) is 2.11. The molecule has 0 aliphatic carbocycles. The van der Waals surface area contributed by atoms with E-state index in [1.54, 1.807) is 23.1 Å². The van der Waals surface area contributed by atoms with Crippen molar-refractivity contribution in [2.24, 2.45) is 10.1 Å². The standard InChI is InChI=1S/C28H25N3O3S/c1-17-24-14-20(19-9-6-10-21(13-19)28(33)35(29)34)11-12-23(24)27(32)31(2)22-15-25(17)30-26(16-22)18-7-4-3-5-8-18/h3-14,16-17,25H,15,29H2,1-2H3. The lowest BCUT2D eigenvalue weighted by Crippen LogP contribution is -2.36. The molecule has 35 heavy (non-hydrogen) atoms. The van der Waals surface area contributed by atoms with Crippen molar-refractivity contribution in [2.45, 2.75) is 25.3 Å². The van der Waals surface area contributed by atoms with Crippen LogP contribution in [-0.4, -0.2) is 38.9 Å². The third-order valence-electron chi connectivity index (χ3n) is 6.80. The topological polar surface area (TPSA) is 92.8 Å². The highest BCUT2D eigenvalue weighted by Gasteiger charge is 2.33. The third-order valence-corrected chi connectivity index (χ3v) is 7.40. The molecule has 3 unspecified atom stereocenters. The Bertz CT molecular complexity index is 1430. The van der Waals surface area contributed by atoms with Crippen molar-refractivity contribution in [3.8, 4) is 11.1 Å². The Labute approximate surface area is 206 Å². The molecule has 2 heterocycles. The van der Waals surface area contributed by atoms with Gasteiger partial charge in [-0.2, -0.15) is 0 Å². The van der Waals surface area contributed by atoms with E-state index in [1.165, 1.54) is 0 Å². The highest BCUT2D eigenvalue weighted by atomic mass is 32.2. The average Bonchev–Trinajstić information content (AvgIpc) is 2.90. The molecule has 0 saturated carbocycles. The first-order chi connectivity index (χ1) is 16.8. The highest BCUT2D eigenvalue weighted by molar-refractivity contribution is 7.98. The Hall–Kier alpha value is -3.68. The summed E-state index contributed by atoms with van der Waals surface area (Å²) in [7, 11) is -0.264. The summed E-state index contributed by atoms with van der Waals surface area (Å²) in [6.07, 6.45) is 2.69. The molecule has 7 heteroatoms. The number of nitrogens with zero attached hydrogens (tertiary/aromatic N) is 2. The lowest BCUT2D eigenvalue weighted by atomic mass is 9.82. The molecule has 3 atom stereocenters. The van der Waals surface area contributed by atoms with Crippen LogP contribution in [0.5, 0.6) is 0 Å². The van der Waals surface area contributed by atoms with Crippen LogP contribution in [0.4, 0.5) is 0 Å². The lowest BCUT2D eigenvalue weighted by Gasteiger charge is -2.35.